The number of hydrogen-bond acceptors (Lipinski definition) is 2. The summed E-state index contributed by atoms with van der Waals surface area (Å²) in [5.41, 5.74) is -0.0400. The molecule has 2 nitrogen and oxygen atoms in total. The first-order chi connectivity index (χ1) is 4.66. The smallest absolute Gasteiger partial charge is 0.0687 e. The number of nitriles is 1. The minimum atomic E-state index is -0.0400. The molecule has 0 atom stereocenters. The lowest BCUT2D eigenvalue weighted by atomic mass is 9.83. The molecule has 1 rings (SSSR count). The molecule has 3 heteroatoms. The lowest BCUT2D eigenvalue weighted by molar-refractivity contribution is 0.258. The highest BCUT2D eigenvalue weighted by molar-refractivity contribution is 14.1. The van der Waals surface area contributed by atoms with E-state index in [4.69, 9.17) is 5.26 Å². The second-order valence-electron chi connectivity index (χ2n) is 3.08. The Morgan fingerprint density at radius 3 is 2.40 bits per heavy atom. The van der Waals surface area contributed by atoms with Gasteiger partial charge in [-0.25, -0.2) is 3.11 Å². The second kappa shape index (κ2) is 3.05. The molecule has 0 spiro atoms. The lowest BCUT2D eigenvalue weighted by Gasteiger charge is -2.30. The van der Waals surface area contributed by atoms with Crippen LogP contribution in [0.1, 0.15) is 19.8 Å². The van der Waals surface area contributed by atoms with E-state index in [1.54, 1.807) is 0 Å². The molecule has 1 heterocycles. The molecule has 0 bridgehead atoms. The Morgan fingerprint density at radius 1 is 1.50 bits per heavy atom. The van der Waals surface area contributed by atoms with Crippen molar-refractivity contribution in [2.24, 2.45) is 5.41 Å². The highest BCUT2D eigenvalue weighted by atomic mass is 127. The molecule has 56 valence electrons. The maximum atomic E-state index is 8.77. The minimum Gasteiger partial charge on any atom is -0.247 e. The molecule has 10 heavy (non-hydrogen) atoms. The number of hydrogen-bond donors (Lipinski definition) is 0. The SMILES string of the molecule is CC1(C#N)CCN(I)CC1. The van der Waals surface area contributed by atoms with Crippen LogP contribution in [0.25, 0.3) is 0 Å². The van der Waals surface area contributed by atoms with Crippen molar-refractivity contribution in [3.8, 4) is 6.07 Å². The molecule has 1 aliphatic rings. The van der Waals surface area contributed by atoms with Gasteiger partial charge in [-0.1, -0.05) is 0 Å². The van der Waals surface area contributed by atoms with Gasteiger partial charge in [0.05, 0.1) is 11.5 Å². The van der Waals surface area contributed by atoms with Crippen LogP contribution < -0.4 is 0 Å². The molecule has 0 amide bonds. The zero-order chi connectivity index (χ0) is 7.61. The largest absolute Gasteiger partial charge is 0.247 e. The summed E-state index contributed by atoms with van der Waals surface area (Å²) in [6.07, 6.45) is 2.04. The summed E-state index contributed by atoms with van der Waals surface area (Å²) in [6.45, 7) is 4.17. The quantitative estimate of drug-likeness (QED) is 0.485. The normalized spacial score (nSPS) is 25.7. The Hall–Kier alpha value is 0.180. The van der Waals surface area contributed by atoms with Crippen LogP contribution in [-0.2, 0) is 0 Å². The first-order valence-corrected chi connectivity index (χ1v) is 4.45. The van der Waals surface area contributed by atoms with Crippen LogP contribution in [0, 0.1) is 16.7 Å². The predicted octanol–water partition coefficient (Wildman–Crippen LogP) is 1.96. The van der Waals surface area contributed by atoms with E-state index in [0.29, 0.717) is 0 Å². The van der Waals surface area contributed by atoms with E-state index in [2.05, 4.69) is 39.0 Å². The van der Waals surface area contributed by atoms with E-state index in [1.807, 2.05) is 0 Å². The summed E-state index contributed by atoms with van der Waals surface area (Å²) >= 11 is 2.31. The second-order valence-corrected chi connectivity index (χ2v) is 4.45. The lowest BCUT2D eigenvalue weighted by Crippen LogP contribution is -2.31. The maximum Gasteiger partial charge on any atom is 0.0687 e. The van der Waals surface area contributed by atoms with Crippen LogP contribution in [0.3, 0.4) is 0 Å². The molecule has 0 unspecified atom stereocenters. The van der Waals surface area contributed by atoms with Gasteiger partial charge in [0.25, 0.3) is 0 Å². The van der Waals surface area contributed by atoms with Gasteiger partial charge in [-0.2, -0.15) is 5.26 Å². The molecule has 1 saturated heterocycles. The minimum absolute atomic E-state index is 0.0400. The van der Waals surface area contributed by atoms with Crippen molar-refractivity contribution in [3.05, 3.63) is 0 Å². The van der Waals surface area contributed by atoms with Crippen molar-refractivity contribution in [2.75, 3.05) is 13.1 Å². The summed E-state index contributed by atoms with van der Waals surface area (Å²) in [4.78, 5) is 0. The van der Waals surface area contributed by atoms with Crippen LogP contribution in [0.4, 0.5) is 0 Å². The van der Waals surface area contributed by atoms with Gasteiger partial charge in [-0.05, 0) is 19.8 Å². The monoisotopic (exact) mass is 250 g/mol. The third-order valence-corrected chi connectivity index (χ3v) is 3.05. The molecule has 1 aliphatic heterocycles. The van der Waals surface area contributed by atoms with Crippen molar-refractivity contribution >= 4 is 22.9 Å². The van der Waals surface area contributed by atoms with Gasteiger partial charge < -0.3 is 0 Å². The van der Waals surface area contributed by atoms with E-state index in [0.717, 1.165) is 25.9 Å². The number of piperidine rings is 1. The number of rotatable bonds is 0. The van der Waals surface area contributed by atoms with Gasteiger partial charge in [-0.3, -0.25) is 0 Å². The molecule has 0 radical (unpaired) electrons. The molecule has 1 fully saturated rings. The number of halogens is 1. The Kier molecular flexibility index (Phi) is 2.53. The van der Waals surface area contributed by atoms with E-state index in [-0.39, 0.29) is 5.41 Å². The summed E-state index contributed by atoms with van der Waals surface area (Å²) in [6, 6.07) is 2.37. The molecular formula is C7H11IN2. The van der Waals surface area contributed by atoms with E-state index in [1.165, 1.54) is 0 Å². The summed E-state index contributed by atoms with van der Waals surface area (Å²) in [7, 11) is 0. The van der Waals surface area contributed by atoms with Gasteiger partial charge in [0.1, 0.15) is 0 Å². The predicted molar refractivity (Wildman–Crippen MR) is 48.5 cm³/mol. The fraction of sp³-hybridized carbons (Fsp3) is 0.857. The first-order valence-electron chi connectivity index (χ1n) is 3.48. The molecule has 0 N–H and O–H groups in total. The van der Waals surface area contributed by atoms with E-state index < -0.39 is 0 Å². The first kappa shape index (κ1) is 8.28. The number of nitrogens with zero attached hydrogens (tertiary/aromatic N) is 2. The molecule has 0 aromatic rings. The van der Waals surface area contributed by atoms with Crippen molar-refractivity contribution < 1.29 is 0 Å². The van der Waals surface area contributed by atoms with Gasteiger partial charge in [0, 0.05) is 36.0 Å². The topological polar surface area (TPSA) is 27.0 Å². The third-order valence-electron chi connectivity index (χ3n) is 2.08. The van der Waals surface area contributed by atoms with Crippen LogP contribution in [-0.4, -0.2) is 16.2 Å². The van der Waals surface area contributed by atoms with E-state index in [9.17, 15) is 0 Å². The van der Waals surface area contributed by atoms with Crippen LogP contribution in [0.5, 0.6) is 0 Å². The molecular weight excluding hydrogens is 239 g/mol. The molecule has 0 aromatic carbocycles. The summed E-state index contributed by atoms with van der Waals surface area (Å²) in [5.74, 6) is 0. The summed E-state index contributed by atoms with van der Waals surface area (Å²) < 4.78 is 2.25. The molecule has 0 saturated carbocycles. The van der Waals surface area contributed by atoms with Gasteiger partial charge >= 0.3 is 0 Å². The Bertz CT molecular complexity index is 153. The van der Waals surface area contributed by atoms with Crippen molar-refractivity contribution in [1.82, 2.24) is 3.11 Å². The Balaban J connectivity index is 2.48. The highest BCUT2D eigenvalue weighted by Crippen LogP contribution is 2.30. The fourth-order valence-electron chi connectivity index (χ4n) is 1.08. The average molecular weight is 250 g/mol. The highest BCUT2D eigenvalue weighted by Gasteiger charge is 2.28. The van der Waals surface area contributed by atoms with Crippen molar-refractivity contribution in [3.63, 3.8) is 0 Å². The van der Waals surface area contributed by atoms with Gasteiger partial charge in [0.15, 0.2) is 0 Å². The molecule has 0 aromatic heterocycles. The van der Waals surface area contributed by atoms with Crippen molar-refractivity contribution in [2.45, 2.75) is 19.8 Å². The van der Waals surface area contributed by atoms with Crippen LogP contribution >= 0.6 is 22.9 Å². The fourth-order valence-corrected chi connectivity index (χ4v) is 1.57. The standard InChI is InChI=1S/C7H11IN2/c1-7(6-9)2-4-10(8)5-3-7/h2-5H2,1H3. The zero-order valence-electron chi connectivity index (χ0n) is 6.10. The third kappa shape index (κ3) is 1.83. The van der Waals surface area contributed by atoms with Gasteiger partial charge in [0.2, 0.25) is 0 Å². The molecule has 0 aliphatic carbocycles. The average Bonchev–Trinajstić information content (AvgIpc) is 1.96. The zero-order valence-corrected chi connectivity index (χ0v) is 8.26. The van der Waals surface area contributed by atoms with E-state index >= 15 is 0 Å². The van der Waals surface area contributed by atoms with Crippen molar-refractivity contribution in [1.29, 1.82) is 5.26 Å². The van der Waals surface area contributed by atoms with Gasteiger partial charge in [-0.15, -0.1) is 0 Å². The Morgan fingerprint density at radius 2 is 2.00 bits per heavy atom. The summed E-state index contributed by atoms with van der Waals surface area (Å²) in [5, 5.41) is 8.77. The Labute approximate surface area is 75.7 Å². The van der Waals surface area contributed by atoms with Crippen LogP contribution in [0.2, 0.25) is 0 Å². The van der Waals surface area contributed by atoms with Crippen LogP contribution in [0.15, 0.2) is 0 Å². The maximum absolute atomic E-state index is 8.77.